The molecule has 13 heteroatoms. The molecule has 0 aromatic carbocycles. The van der Waals surface area contributed by atoms with Crippen LogP contribution in [0.25, 0.3) is 0 Å². The van der Waals surface area contributed by atoms with Crippen LogP contribution in [0.5, 0.6) is 0 Å². The molecule has 0 aromatic rings. The van der Waals surface area contributed by atoms with Gasteiger partial charge in [-0.3, -0.25) is 9.59 Å². The molecule has 0 aromatic heterocycles. The topological polar surface area (TPSA) is 110 Å². The molecule has 4 atom stereocenters. The Hall–Kier alpha value is -0.983. The minimum Gasteiger partial charge on any atom is -0.445 e. The molecule has 2 aliphatic rings. The second-order valence-electron chi connectivity index (χ2n) is 11.0. The van der Waals surface area contributed by atoms with Crippen LogP contribution in [-0.2, 0) is 37.1 Å². The van der Waals surface area contributed by atoms with Gasteiger partial charge in [-0.2, -0.15) is 0 Å². The third-order valence-corrected chi connectivity index (χ3v) is 11.5. The number of carbonyl (C=O) groups is 3. The number of thioether (sulfide) groups is 1. The van der Waals surface area contributed by atoms with Crippen LogP contribution < -0.4 is 0 Å². The average molecular weight is 622 g/mol. The number of β-lactam (4-membered cyclic amide) rings is 1. The number of hydrogen-bond donors (Lipinski definition) is 0. The zero-order chi connectivity index (χ0) is 30.1. The van der Waals surface area contributed by atoms with Gasteiger partial charge in [-0.1, -0.05) is 45.2 Å². The van der Waals surface area contributed by atoms with Gasteiger partial charge < -0.3 is 27.5 Å². The Kier molecular flexibility index (Phi) is 13.6. The predicted molar refractivity (Wildman–Crippen MR) is 162 cm³/mol. The number of rotatable bonds is 15. The second-order valence-corrected chi connectivity index (χ2v) is 16.6. The fourth-order valence-corrected chi connectivity index (χ4v) is 9.53. The first-order valence-corrected chi connectivity index (χ1v) is 19.3. The zero-order valence-corrected chi connectivity index (χ0v) is 28.2. The third kappa shape index (κ3) is 8.10. The van der Waals surface area contributed by atoms with E-state index in [1.54, 1.807) is 5.80 Å². The minimum atomic E-state index is -3.22. The normalized spacial score (nSPS) is 24.1. The van der Waals surface area contributed by atoms with Crippen molar-refractivity contribution in [2.24, 2.45) is 16.7 Å². The van der Waals surface area contributed by atoms with Gasteiger partial charge in [0.2, 0.25) is 11.0 Å². The summed E-state index contributed by atoms with van der Waals surface area (Å²) in [7, 11) is -4.72. The molecule has 0 saturated carbocycles. The molecule has 2 saturated heterocycles. The van der Waals surface area contributed by atoms with Crippen LogP contribution in [0.15, 0.2) is 12.7 Å². The monoisotopic (exact) mass is 621 g/mol. The van der Waals surface area contributed by atoms with E-state index in [-0.39, 0.29) is 38.1 Å². The SMILES string of the molecule is C=CCOC(=O)N1C(=O)[C@](C=P(OCC)(OCC)OCC)([C@H](CO[SiH](C)C)C(C)(C)C)[C@H]1SC(=O)[C@H]1CCCO1. The Morgan fingerprint density at radius 1 is 1.20 bits per heavy atom. The predicted octanol–water partition coefficient (Wildman–Crippen LogP) is 5.24. The van der Waals surface area contributed by atoms with Crippen molar-refractivity contribution in [3.8, 4) is 0 Å². The Morgan fingerprint density at radius 3 is 2.25 bits per heavy atom. The standard InChI is InChI=1S/C27H48NO9PSSi/c1-10-16-33-25(31)28-23(30)27(21(26(5,6)7)18-37-40(8)9,19-38(34-11-2,35-12-3)36-13-4)24(28)39-22(29)20-15-14-17-32-20/h10,19-21,24,40H,1,11-18H2,2-9H3/t20-,21-,24-,27+/m1/s1. The quantitative estimate of drug-likeness (QED) is 0.104. The summed E-state index contributed by atoms with van der Waals surface area (Å²) in [5.74, 6) is 0.774. The van der Waals surface area contributed by atoms with Crippen molar-refractivity contribution < 1.29 is 41.9 Å². The molecule has 2 heterocycles. The van der Waals surface area contributed by atoms with Gasteiger partial charge in [0.25, 0.3) is 7.57 Å². The first-order valence-electron chi connectivity index (χ1n) is 14.1. The number of amides is 2. The fraction of sp³-hybridized carbons (Fsp3) is 0.778. The van der Waals surface area contributed by atoms with Gasteiger partial charge >= 0.3 is 6.09 Å². The minimum absolute atomic E-state index is 0.0745. The maximum Gasteiger partial charge on any atom is 0.417 e. The number of ether oxygens (including phenoxy) is 2. The lowest BCUT2D eigenvalue weighted by atomic mass is 9.60. The molecule has 2 amide bonds. The summed E-state index contributed by atoms with van der Waals surface area (Å²) < 4.78 is 35.7. The molecular formula is C27H48NO9PSSi. The summed E-state index contributed by atoms with van der Waals surface area (Å²) in [5, 5.41) is -1.19. The van der Waals surface area contributed by atoms with Crippen LogP contribution in [0.2, 0.25) is 13.1 Å². The molecule has 40 heavy (non-hydrogen) atoms. The van der Waals surface area contributed by atoms with Gasteiger partial charge in [-0.15, -0.1) is 0 Å². The highest BCUT2D eigenvalue weighted by Gasteiger charge is 2.70. The van der Waals surface area contributed by atoms with E-state index in [1.165, 1.54) is 6.08 Å². The third-order valence-electron chi connectivity index (χ3n) is 6.69. The van der Waals surface area contributed by atoms with E-state index in [1.807, 2.05) is 41.5 Å². The molecule has 0 N–H and O–H groups in total. The highest BCUT2D eigenvalue weighted by Crippen LogP contribution is 2.61. The maximum absolute atomic E-state index is 14.4. The van der Waals surface area contributed by atoms with Gasteiger partial charge in [0.05, 0.1) is 19.8 Å². The molecule has 2 rings (SSSR count). The van der Waals surface area contributed by atoms with E-state index in [0.29, 0.717) is 13.0 Å². The van der Waals surface area contributed by atoms with Crippen molar-refractivity contribution in [2.45, 2.75) is 79.0 Å². The summed E-state index contributed by atoms with van der Waals surface area (Å²) >= 11 is 0.928. The van der Waals surface area contributed by atoms with Crippen molar-refractivity contribution in [3.05, 3.63) is 12.7 Å². The molecule has 0 bridgehead atoms. The van der Waals surface area contributed by atoms with Crippen LogP contribution in [-0.4, -0.2) is 88.0 Å². The van der Waals surface area contributed by atoms with Gasteiger partial charge in [-0.25, -0.2) is 9.69 Å². The van der Waals surface area contributed by atoms with Gasteiger partial charge in [0.15, 0.2) is 9.04 Å². The number of hydrogen-bond acceptors (Lipinski definition) is 10. The van der Waals surface area contributed by atoms with Crippen LogP contribution in [0.4, 0.5) is 4.79 Å². The van der Waals surface area contributed by atoms with Crippen molar-refractivity contribution in [1.82, 2.24) is 4.90 Å². The lowest BCUT2D eigenvalue weighted by molar-refractivity contribution is -0.162. The smallest absolute Gasteiger partial charge is 0.417 e. The zero-order valence-electron chi connectivity index (χ0n) is 25.3. The Labute approximate surface area is 245 Å². The van der Waals surface area contributed by atoms with E-state index < -0.39 is 56.8 Å². The Morgan fingerprint density at radius 2 is 1.80 bits per heavy atom. The molecule has 230 valence electrons. The molecular weight excluding hydrogens is 573 g/mol. The van der Waals surface area contributed by atoms with Crippen LogP contribution in [0.3, 0.4) is 0 Å². The first kappa shape index (κ1) is 35.2. The highest BCUT2D eigenvalue weighted by molar-refractivity contribution is 8.14. The van der Waals surface area contributed by atoms with E-state index in [9.17, 15) is 14.4 Å². The number of likely N-dealkylation sites (tertiary alicyclic amines) is 1. The maximum atomic E-state index is 14.4. The molecule has 2 aliphatic heterocycles. The summed E-state index contributed by atoms with van der Waals surface area (Å²) in [6.07, 6.45) is 1.33. The average Bonchev–Trinajstić information content (AvgIpc) is 3.41. The molecule has 2 fully saturated rings. The second kappa shape index (κ2) is 15.5. The van der Waals surface area contributed by atoms with Gasteiger partial charge in [-0.05, 0) is 52.1 Å². The van der Waals surface area contributed by atoms with Crippen LogP contribution in [0.1, 0.15) is 54.4 Å². The summed E-state index contributed by atoms with van der Waals surface area (Å²) in [6, 6.07) is 0. The number of imide groups is 1. The van der Waals surface area contributed by atoms with Crippen molar-refractivity contribution in [3.63, 3.8) is 0 Å². The molecule has 0 spiro atoms. The first-order chi connectivity index (χ1) is 18.8. The van der Waals surface area contributed by atoms with E-state index in [4.69, 9.17) is 27.5 Å². The molecule has 0 radical (unpaired) electrons. The van der Waals surface area contributed by atoms with Crippen molar-refractivity contribution in [2.75, 3.05) is 39.6 Å². The highest BCUT2D eigenvalue weighted by atomic mass is 32.2. The summed E-state index contributed by atoms with van der Waals surface area (Å²) in [4.78, 5) is 42.2. The number of nitrogens with zero attached hydrogens (tertiary/aromatic N) is 1. The molecule has 0 aliphatic carbocycles. The Balaban J connectivity index is 2.85. The lowest BCUT2D eigenvalue weighted by Crippen LogP contribution is -2.75. The summed E-state index contributed by atoms with van der Waals surface area (Å²) in [6.45, 7) is 20.8. The lowest BCUT2D eigenvalue weighted by Gasteiger charge is -2.58. The Bertz CT molecular complexity index is 927. The van der Waals surface area contributed by atoms with Gasteiger partial charge in [0.1, 0.15) is 23.5 Å². The summed E-state index contributed by atoms with van der Waals surface area (Å²) in [5.41, 5.74) is -1.89. The van der Waals surface area contributed by atoms with Crippen LogP contribution >= 0.6 is 19.3 Å². The van der Waals surface area contributed by atoms with E-state index in [0.717, 1.165) is 23.1 Å². The largest absolute Gasteiger partial charge is 0.445 e. The van der Waals surface area contributed by atoms with Crippen molar-refractivity contribution in [1.29, 1.82) is 0 Å². The molecule has 0 unspecified atom stereocenters. The fourth-order valence-electron chi connectivity index (χ4n) is 4.99. The van der Waals surface area contributed by atoms with Crippen molar-refractivity contribution >= 4 is 51.3 Å². The van der Waals surface area contributed by atoms with Gasteiger partial charge in [0, 0.05) is 24.9 Å². The van der Waals surface area contributed by atoms with Crippen LogP contribution in [0, 0.1) is 16.7 Å². The van der Waals surface area contributed by atoms with E-state index >= 15 is 0 Å². The number of carbonyl (C=O) groups excluding carboxylic acids is 3. The van der Waals surface area contributed by atoms with E-state index in [2.05, 4.69) is 19.7 Å². The molecule has 10 nitrogen and oxygen atoms in total.